The first-order chi connectivity index (χ1) is 8.33. The van der Waals surface area contributed by atoms with E-state index in [4.69, 9.17) is 4.42 Å². The molecule has 2 heterocycles. The SMILES string of the molecule is Cc1nc2c(CC3CCNCC3)cccc2o1. The number of aromatic nitrogens is 1. The largest absolute Gasteiger partial charge is 0.441 e. The highest BCUT2D eigenvalue weighted by Crippen LogP contribution is 2.24. The van der Waals surface area contributed by atoms with Crippen LogP contribution in [0.25, 0.3) is 11.1 Å². The van der Waals surface area contributed by atoms with Crippen molar-refractivity contribution >= 4 is 11.1 Å². The van der Waals surface area contributed by atoms with Gasteiger partial charge in [0.05, 0.1) is 0 Å². The number of piperidine rings is 1. The second-order valence-corrected chi connectivity index (χ2v) is 4.89. The molecule has 1 saturated heterocycles. The van der Waals surface area contributed by atoms with Gasteiger partial charge in [-0.3, -0.25) is 0 Å². The molecule has 1 fully saturated rings. The Balaban J connectivity index is 1.88. The van der Waals surface area contributed by atoms with E-state index in [1.165, 1.54) is 18.4 Å². The number of hydrogen-bond donors (Lipinski definition) is 1. The number of fused-ring (bicyclic) bond motifs is 1. The van der Waals surface area contributed by atoms with Gasteiger partial charge in [0.2, 0.25) is 0 Å². The van der Waals surface area contributed by atoms with E-state index < -0.39 is 0 Å². The van der Waals surface area contributed by atoms with Crippen LogP contribution in [-0.2, 0) is 6.42 Å². The Morgan fingerprint density at radius 2 is 2.18 bits per heavy atom. The molecule has 0 saturated carbocycles. The molecule has 3 rings (SSSR count). The van der Waals surface area contributed by atoms with Gasteiger partial charge in [0.25, 0.3) is 0 Å². The van der Waals surface area contributed by atoms with Gasteiger partial charge in [-0.2, -0.15) is 0 Å². The fourth-order valence-electron chi connectivity index (χ4n) is 2.68. The molecular weight excluding hydrogens is 212 g/mol. The van der Waals surface area contributed by atoms with E-state index in [-0.39, 0.29) is 0 Å². The van der Waals surface area contributed by atoms with Crippen molar-refractivity contribution in [3.05, 3.63) is 29.7 Å². The molecule has 1 aromatic carbocycles. The van der Waals surface area contributed by atoms with Gasteiger partial charge in [0, 0.05) is 6.92 Å². The van der Waals surface area contributed by atoms with Crippen molar-refractivity contribution < 1.29 is 4.42 Å². The molecule has 1 aliphatic heterocycles. The first kappa shape index (κ1) is 10.8. The van der Waals surface area contributed by atoms with Crippen LogP contribution in [0.5, 0.6) is 0 Å². The quantitative estimate of drug-likeness (QED) is 0.862. The Kier molecular flexibility index (Phi) is 2.85. The smallest absolute Gasteiger partial charge is 0.192 e. The number of benzene rings is 1. The maximum atomic E-state index is 5.57. The molecule has 90 valence electrons. The van der Waals surface area contributed by atoms with Crippen molar-refractivity contribution in [3.8, 4) is 0 Å². The van der Waals surface area contributed by atoms with Gasteiger partial charge in [-0.1, -0.05) is 12.1 Å². The minimum absolute atomic E-state index is 0.762. The van der Waals surface area contributed by atoms with Crippen molar-refractivity contribution in [1.29, 1.82) is 0 Å². The molecule has 1 aliphatic rings. The summed E-state index contributed by atoms with van der Waals surface area (Å²) in [5.74, 6) is 1.55. The van der Waals surface area contributed by atoms with E-state index in [0.29, 0.717) is 0 Å². The summed E-state index contributed by atoms with van der Waals surface area (Å²) in [4.78, 5) is 4.50. The maximum absolute atomic E-state index is 5.57. The highest BCUT2D eigenvalue weighted by molar-refractivity contribution is 5.76. The summed E-state index contributed by atoms with van der Waals surface area (Å²) in [7, 11) is 0. The Bertz CT molecular complexity index is 512. The van der Waals surface area contributed by atoms with E-state index in [2.05, 4.69) is 22.4 Å². The van der Waals surface area contributed by atoms with E-state index in [1.807, 2.05) is 13.0 Å². The summed E-state index contributed by atoms with van der Waals surface area (Å²) in [6.45, 7) is 4.21. The molecule has 0 radical (unpaired) electrons. The average molecular weight is 230 g/mol. The van der Waals surface area contributed by atoms with Gasteiger partial charge < -0.3 is 9.73 Å². The first-order valence-corrected chi connectivity index (χ1v) is 6.38. The molecule has 0 bridgehead atoms. The number of oxazole rings is 1. The highest BCUT2D eigenvalue weighted by atomic mass is 16.3. The third kappa shape index (κ3) is 2.20. The Hall–Kier alpha value is -1.35. The number of aryl methyl sites for hydroxylation is 1. The third-order valence-electron chi connectivity index (χ3n) is 3.58. The predicted molar refractivity (Wildman–Crippen MR) is 68.0 cm³/mol. The summed E-state index contributed by atoms with van der Waals surface area (Å²) in [5.41, 5.74) is 3.32. The zero-order valence-electron chi connectivity index (χ0n) is 10.2. The summed E-state index contributed by atoms with van der Waals surface area (Å²) in [6.07, 6.45) is 3.67. The minimum Gasteiger partial charge on any atom is -0.441 e. The lowest BCUT2D eigenvalue weighted by atomic mass is 9.90. The molecule has 3 heteroatoms. The zero-order chi connectivity index (χ0) is 11.7. The number of para-hydroxylation sites is 1. The molecule has 0 amide bonds. The van der Waals surface area contributed by atoms with E-state index in [0.717, 1.165) is 42.4 Å². The van der Waals surface area contributed by atoms with Crippen LogP contribution in [0.15, 0.2) is 22.6 Å². The van der Waals surface area contributed by atoms with Crippen LogP contribution in [0.3, 0.4) is 0 Å². The Morgan fingerprint density at radius 3 is 3.00 bits per heavy atom. The van der Waals surface area contributed by atoms with Gasteiger partial charge in [0.1, 0.15) is 5.52 Å². The number of nitrogens with zero attached hydrogens (tertiary/aromatic N) is 1. The molecule has 1 aromatic heterocycles. The molecule has 0 aliphatic carbocycles. The summed E-state index contributed by atoms with van der Waals surface area (Å²) in [5, 5.41) is 3.41. The monoisotopic (exact) mass is 230 g/mol. The summed E-state index contributed by atoms with van der Waals surface area (Å²) < 4.78 is 5.57. The molecule has 0 unspecified atom stereocenters. The van der Waals surface area contributed by atoms with Crippen LogP contribution in [0, 0.1) is 12.8 Å². The zero-order valence-corrected chi connectivity index (χ0v) is 10.2. The lowest BCUT2D eigenvalue weighted by Crippen LogP contribution is -2.28. The average Bonchev–Trinajstić information content (AvgIpc) is 2.72. The summed E-state index contributed by atoms with van der Waals surface area (Å²) in [6, 6.07) is 6.26. The second kappa shape index (κ2) is 4.49. The Labute approximate surface area is 101 Å². The van der Waals surface area contributed by atoms with Gasteiger partial charge in [-0.05, 0) is 49.9 Å². The van der Waals surface area contributed by atoms with Crippen LogP contribution < -0.4 is 5.32 Å². The fourth-order valence-corrected chi connectivity index (χ4v) is 2.68. The normalized spacial score (nSPS) is 17.7. The van der Waals surface area contributed by atoms with Crippen molar-refractivity contribution in [2.45, 2.75) is 26.2 Å². The highest BCUT2D eigenvalue weighted by Gasteiger charge is 2.16. The molecule has 2 aromatic rings. The van der Waals surface area contributed by atoms with Crippen molar-refractivity contribution in [2.24, 2.45) is 5.92 Å². The molecule has 17 heavy (non-hydrogen) atoms. The molecule has 0 atom stereocenters. The van der Waals surface area contributed by atoms with Crippen molar-refractivity contribution in [1.82, 2.24) is 10.3 Å². The van der Waals surface area contributed by atoms with Crippen LogP contribution in [0.4, 0.5) is 0 Å². The summed E-state index contributed by atoms with van der Waals surface area (Å²) >= 11 is 0. The first-order valence-electron chi connectivity index (χ1n) is 6.38. The van der Waals surface area contributed by atoms with Gasteiger partial charge in [0.15, 0.2) is 11.5 Å². The van der Waals surface area contributed by atoms with Crippen LogP contribution >= 0.6 is 0 Å². The van der Waals surface area contributed by atoms with Crippen LogP contribution in [-0.4, -0.2) is 18.1 Å². The molecule has 0 spiro atoms. The maximum Gasteiger partial charge on any atom is 0.192 e. The van der Waals surface area contributed by atoms with Crippen LogP contribution in [0.1, 0.15) is 24.3 Å². The second-order valence-electron chi connectivity index (χ2n) is 4.89. The van der Waals surface area contributed by atoms with E-state index >= 15 is 0 Å². The predicted octanol–water partition coefficient (Wildman–Crippen LogP) is 2.68. The van der Waals surface area contributed by atoms with E-state index in [1.54, 1.807) is 0 Å². The van der Waals surface area contributed by atoms with Gasteiger partial charge in [-0.25, -0.2) is 4.98 Å². The fraction of sp³-hybridized carbons (Fsp3) is 0.500. The molecule has 3 nitrogen and oxygen atoms in total. The number of hydrogen-bond acceptors (Lipinski definition) is 3. The number of nitrogens with one attached hydrogen (secondary N) is 1. The van der Waals surface area contributed by atoms with Gasteiger partial charge in [-0.15, -0.1) is 0 Å². The van der Waals surface area contributed by atoms with Crippen molar-refractivity contribution in [3.63, 3.8) is 0 Å². The molecule has 1 N–H and O–H groups in total. The van der Waals surface area contributed by atoms with Gasteiger partial charge >= 0.3 is 0 Å². The lowest BCUT2D eigenvalue weighted by Gasteiger charge is -2.22. The molecular formula is C14H18N2O. The number of rotatable bonds is 2. The topological polar surface area (TPSA) is 38.1 Å². The lowest BCUT2D eigenvalue weighted by molar-refractivity contribution is 0.373. The van der Waals surface area contributed by atoms with Crippen molar-refractivity contribution in [2.75, 3.05) is 13.1 Å². The van der Waals surface area contributed by atoms with E-state index in [9.17, 15) is 0 Å². The minimum atomic E-state index is 0.762. The Morgan fingerprint density at radius 1 is 1.35 bits per heavy atom. The third-order valence-corrected chi connectivity index (χ3v) is 3.58. The standard InChI is InChI=1S/C14H18N2O/c1-10-16-14-12(3-2-4-13(14)17-10)9-11-5-7-15-8-6-11/h2-4,11,15H,5-9H2,1H3. The van der Waals surface area contributed by atoms with Crippen LogP contribution in [0.2, 0.25) is 0 Å².